The van der Waals surface area contributed by atoms with Gasteiger partial charge >= 0.3 is 0 Å². The predicted octanol–water partition coefficient (Wildman–Crippen LogP) is 5.66. The van der Waals surface area contributed by atoms with Gasteiger partial charge in [0.25, 0.3) is 0 Å². The third-order valence-electron chi connectivity index (χ3n) is 4.14. The molecule has 3 rings (SSSR count). The van der Waals surface area contributed by atoms with Crippen LogP contribution in [0.15, 0.2) is 71.2 Å². The van der Waals surface area contributed by atoms with E-state index in [9.17, 15) is 0 Å². The molecule has 0 spiro atoms. The highest BCUT2D eigenvalue weighted by atomic mass is 79.9. The van der Waals surface area contributed by atoms with Crippen molar-refractivity contribution in [2.24, 2.45) is 0 Å². The minimum absolute atomic E-state index is 0.493. The normalized spacial score (nSPS) is 10.3. The van der Waals surface area contributed by atoms with Crippen LogP contribution in [0.1, 0.15) is 11.1 Å². The number of rotatable bonds is 8. The molecule has 0 aliphatic rings. The van der Waals surface area contributed by atoms with Crippen LogP contribution >= 0.6 is 15.9 Å². The molecule has 0 aliphatic heterocycles. The van der Waals surface area contributed by atoms with E-state index in [-0.39, 0.29) is 0 Å². The highest BCUT2D eigenvalue weighted by Crippen LogP contribution is 2.34. The first-order chi connectivity index (χ1) is 13.2. The van der Waals surface area contributed by atoms with Crippen LogP contribution in [0.5, 0.6) is 17.2 Å². The van der Waals surface area contributed by atoms with Crippen molar-refractivity contribution in [1.82, 2.24) is 0 Å². The Morgan fingerprint density at radius 1 is 0.852 bits per heavy atom. The second-order valence-corrected chi connectivity index (χ2v) is 6.81. The Morgan fingerprint density at radius 3 is 2.26 bits per heavy atom. The number of hydrogen-bond acceptors (Lipinski definition) is 4. The lowest BCUT2D eigenvalue weighted by molar-refractivity contribution is 0.284. The average Bonchev–Trinajstić information content (AvgIpc) is 2.72. The molecule has 0 aromatic heterocycles. The van der Waals surface area contributed by atoms with Gasteiger partial charge in [-0.05, 0) is 47.5 Å². The summed E-state index contributed by atoms with van der Waals surface area (Å²) >= 11 is 3.64. The zero-order valence-corrected chi connectivity index (χ0v) is 17.0. The molecule has 140 valence electrons. The summed E-state index contributed by atoms with van der Waals surface area (Å²) in [6.07, 6.45) is 0. The molecule has 5 heteroatoms. The molecule has 0 radical (unpaired) electrons. The molecule has 3 aromatic rings. The van der Waals surface area contributed by atoms with E-state index in [1.807, 2.05) is 66.7 Å². The molecule has 0 heterocycles. The maximum Gasteiger partial charge on any atom is 0.162 e. The summed E-state index contributed by atoms with van der Waals surface area (Å²) in [5.74, 6) is 2.26. The zero-order valence-electron chi connectivity index (χ0n) is 15.4. The molecule has 0 bridgehead atoms. The van der Waals surface area contributed by atoms with E-state index in [1.54, 1.807) is 14.2 Å². The third kappa shape index (κ3) is 5.17. The maximum absolute atomic E-state index is 5.95. The van der Waals surface area contributed by atoms with Crippen molar-refractivity contribution in [2.45, 2.75) is 13.2 Å². The first-order valence-corrected chi connectivity index (χ1v) is 9.40. The zero-order chi connectivity index (χ0) is 19.1. The largest absolute Gasteiger partial charge is 0.497 e. The van der Waals surface area contributed by atoms with Crippen LogP contribution in [0.25, 0.3) is 0 Å². The molecule has 3 aromatic carbocycles. The summed E-state index contributed by atoms with van der Waals surface area (Å²) in [5.41, 5.74) is 3.21. The highest BCUT2D eigenvalue weighted by Gasteiger charge is 2.11. The summed E-state index contributed by atoms with van der Waals surface area (Å²) in [4.78, 5) is 0. The summed E-state index contributed by atoms with van der Waals surface area (Å²) in [6, 6.07) is 21.8. The number of methoxy groups -OCH3 is 2. The quantitative estimate of drug-likeness (QED) is 0.503. The van der Waals surface area contributed by atoms with Gasteiger partial charge < -0.3 is 19.5 Å². The molecule has 0 aliphatic carbocycles. The summed E-state index contributed by atoms with van der Waals surface area (Å²) in [6.45, 7) is 1.15. The molecule has 1 N–H and O–H groups in total. The topological polar surface area (TPSA) is 39.7 Å². The first-order valence-electron chi connectivity index (χ1n) is 8.60. The minimum atomic E-state index is 0.493. The van der Waals surface area contributed by atoms with E-state index in [4.69, 9.17) is 14.2 Å². The van der Waals surface area contributed by atoms with Gasteiger partial charge in [0.15, 0.2) is 11.5 Å². The van der Waals surface area contributed by atoms with E-state index >= 15 is 0 Å². The lowest BCUT2D eigenvalue weighted by Gasteiger charge is -2.15. The standard InChI is InChI=1S/C22H22BrNO3/c1-25-19-10-8-18(9-11-19)24-14-17-12-21(26-2)22(13-20(17)23)27-15-16-6-4-3-5-7-16/h3-13,24H,14-15H2,1-2H3. The van der Waals surface area contributed by atoms with E-state index in [2.05, 4.69) is 21.2 Å². The minimum Gasteiger partial charge on any atom is -0.497 e. The van der Waals surface area contributed by atoms with Crippen molar-refractivity contribution in [2.75, 3.05) is 19.5 Å². The van der Waals surface area contributed by atoms with Crippen molar-refractivity contribution >= 4 is 21.6 Å². The number of anilines is 1. The van der Waals surface area contributed by atoms with E-state index < -0.39 is 0 Å². The van der Waals surface area contributed by atoms with Gasteiger partial charge in [0.1, 0.15) is 12.4 Å². The molecule has 0 amide bonds. The van der Waals surface area contributed by atoms with Crippen molar-refractivity contribution in [1.29, 1.82) is 0 Å². The van der Waals surface area contributed by atoms with Gasteiger partial charge in [-0.3, -0.25) is 0 Å². The highest BCUT2D eigenvalue weighted by molar-refractivity contribution is 9.10. The fourth-order valence-electron chi connectivity index (χ4n) is 2.63. The Labute approximate surface area is 168 Å². The summed E-state index contributed by atoms with van der Waals surface area (Å²) in [7, 11) is 3.31. The lowest BCUT2D eigenvalue weighted by Crippen LogP contribution is -2.03. The van der Waals surface area contributed by atoms with Crippen LogP contribution in [-0.4, -0.2) is 14.2 Å². The maximum atomic E-state index is 5.95. The van der Waals surface area contributed by atoms with Gasteiger partial charge in [0.05, 0.1) is 14.2 Å². The van der Waals surface area contributed by atoms with Gasteiger partial charge in [-0.25, -0.2) is 0 Å². The smallest absolute Gasteiger partial charge is 0.162 e. The summed E-state index contributed by atoms with van der Waals surface area (Å²) in [5, 5.41) is 3.40. The van der Waals surface area contributed by atoms with Crippen molar-refractivity contribution in [3.63, 3.8) is 0 Å². The molecule has 0 unspecified atom stereocenters. The van der Waals surface area contributed by atoms with Gasteiger partial charge in [0.2, 0.25) is 0 Å². The van der Waals surface area contributed by atoms with Crippen molar-refractivity contribution in [3.8, 4) is 17.2 Å². The Bertz CT molecular complexity index is 867. The Balaban J connectivity index is 1.69. The van der Waals surface area contributed by atoms with Gasteiger partial charge in [-0.15, -0.1) is 0 Å². The molecule has 0 saturated heterocycles. The van der Waals surface area contributed by atoms with Crippen LogP contribution in [0.4, 0.5) is 5.69 Å². The molecule has 0 fully saturated rings. The van der Waals surface area contributed by atoms with E-state index in [0.717, 1.165) is 27.0 Å². The monoisotopic (exact) mass is 427 g/mol. The molecule has 0 atom stereocenters. The van der Waals surface area contributed by atoms with Crippen LogP contribution in [0, 0.1) is 0 Å². The van der Waals surface area contributed by atoms with Gasteiger partial charge in [0, 0.05) is 16.7 Å². The fourth-order valence-corrected chi connectivity index (χ4v) is 3.09. The number of halogens is 1. The van der Waals surface area contributed by atoms with Crippen LogP contribution < -0.4 is 19.5 Å². The van der Waals surface area contributed by atoms with Gasteiger partial charge in [-0.1, -0.05) is 46.3 Å². The molecule has 0 saturated carbocycles. The molecular formula is C22H22BrNO3. The fraction of sp³-hybridized carbons (Fsp3) is 0.182. The molecular weight excluding hydrogens is 406 g/mol. The van der Waals surface area contributed by atoms with Crippen LogP contribution in [0.3, 0.4) is 0 Å². The Morgan fingerprint density at radius 2 is 1.59 bits per heavy atom. The second-order valence-electron chi connectivity index (χ2n) is 5.95. The number of benzene rings is 3. The first kappa shape index (κ1) is 19.1. The van der Waals surface area contributed by atoms with E-state index in [1.165, 1.54) is 0 Å². The third-order valence-corrected chi connectivity index (χ3v) is 4.88. The Kier molecular flexibility index (Phi) is 6.60. The predicted molar refractivity (Wildman–Crippen MR) is 112 cm³/mol. The Hall–Kier alpha value is -2.66. The summed E-state index contributed by atoms with van der Waals surface area (Å²) < 4.78 is 17.6. The number of hydrogen-bond donors (Lipinski definition) is 1. The van der Waals surface area contributed by atoms with Gasteiger partial charge in [-0.2, -0.15) is 0 Å². The molecule has 4 nitrogen and oxygen atoms in total. The average molecular weight is 428 g/mol. The number of nitrogens with one attached hydrogen (secondary N) is 1. The number of ether oxygens (including phenoxy) is 3. The van der Waals surface area contributed by atoms with Crippen molar-refractivity contribution in [3.05, 3.63) is 82.3 Å². The van der Waals surface area contributed by atoms with Crippen molar-refractivity contribution < 1.29 is 14.2 Å². The van der Waals surface area contributed by atoms with Crippen LogP contribution in [0.2, 0.25) is 0 Å². The molecule has 27 heavy (non-hydrogen) atoms. The second kappa shape index (κ2) is 9.33. The van der Waals surface area contributed by atoms with Crippen LogP contribution in [-0.2, 0) is 13.2 Å². The SMILES string of the molecule is COc1ccc(NCc2cc(OC)c(OCc3ccccc3)cc2Br)cc1. The lowest BCUT2D eigenvalue weighted by atomic mass is 10.2. The van der Waals surface area contributed by atoms with E-state index in [0.29, 0.717) is 24.7 Å².